The number of anilines is 2. The first-order chi connectivity index (χ1) is 13.0. The number of piperidine rings is 1. The fourth-order valence-electron chi connectivity index (χ4n) is 3.45. The van der Waals surface area contributed by atoms with Crippen LogP contribution in [0.2, 0.25) is 0 Å². The zero-order chi connectivity index (χ0) is 19.2. The van der Waals surface area contributed by atoms with Gasteiger partial charge in [0.1, 0.15) is 0 Å². The van der Waals surface area contributed by atoms with E-state index in [1.54, 1.807) is 0 Å². The second kappa shape index (κ2) is 8.82. The van der Waals surface area contributed by atoms with Crippen molar-refractivity contribution in [1.82, 2.24) is 4.90 Å². The molecule has 1 fully saturated rings. The van der Waals surface area contributed by atoms with Crippen LogP contribution in [0.3, 0.4) is 0 Å². The Balaban J connectivity index is 1.59. The van der Waals surface area contributed by atoms with E-state index in [4.69, 9.17) is 0 Å². The van der Waals surface area contributed by atoms with Crippen molar-refractivity contribution in [3.63, 3.8) is 0 Å². The predicted molar refractivity (Wildman–Crippen MR) is 109 cm³/mol. The minimum Gasteiger partial charge on any atom is -0.326 e. The first-order valence-corrected chi connectivity index (χ1v) is 9.51. The summed E-state index contributed by atoms with van der Waals surface area (Å²) in [5.74, 6) is -0.113. The molecular weight excluding hydrogens is 338 g/mol. The number of hydrogen-bond donors (Lipinski definition) is 2. The van der Waals surface area contributed by atoms with Gasteiger partial charge >= 0.3 is 0 Å². The largest absolute Gasteiger partial charge is 0.326 e. The number of benzene rings is 2. The van der Waals surface area contributed by atoms with Gasteiger partial charge in [-0.25, -0.2) is 0 Å². The van der Waals surface area contributed by atoms with E-state index in [1.807, 2.05) is 68.4 Å². The average Bonchev–Trinajstić information content (AvgIpc) is 2.70. The molecule has 1 aliphatic rings. The van der Waals surface area contributed by atoms with Crippen molar-refractivity contribution in [2.24, 2.45) is 5.92 Å². The van der Waals surface area contributed by atoms with E-state index < -0.39 is 0 Å². The summed E-state index contributed by atoms with van der Waals surface area (Å²) in [4.78, 5) is 27.4. The molecule has 2 amide bonds. The number of para-hydroxylation sites is 2. The van der Waals surface area contributed by atoms with Crippen LogP contribution in [-0.4, -0.2) is 35.8 Å². The van der Waals surface area contributed by atoms with Gasteiger partial charge in [-0.15, -0.1) is 0 Å². The Labute approximate surface area is 160 Å². The van der Waals surface area contributed by atoms with Gasteiger partial charge in [-0.3, -0.25) is 14.5 Å². The standard InChI is InChI=1S/C22H27N3O2/c1-16-9-6-7-13-20(16)24-21(26)17(2)25-14-8-10-18(15-25)22(27)23-19-11-4-3-5-12-19/h3-7,9,11-13,17-18H,8,10,14-15H2,1-2H3,(H,23,27)(H,24,26)/t17-,18-/m1/s1. The van der Waals surface area contributed by atoms with E-state index in [0.717, 1.165) is 36.3 Å². The highest BCUT2D eigenvalue weighted by Crippen LogP contribution is 2.21. The molecule has 0 aliphatic carbocycles. The zero-order valence-corrected chi connectivity index (χ0v) is 15.9. The third-order valence-electron chi connectivity index (χ3n) is 5.20. The highest BCUT2D eigenvalue weighted by Gasteiger charge is 2.31. The number of likely N-dealkylation sites (tertiary alicyclic amines) is 1. The quantitative estimate of drug-likeness (QED) is 0.850. The average molecular weight is 365 g/mol. The van der Waals surface area contributed by atoms with Gasteiger partial charge in [0.05, 0.1) is 12.0 Å². The van der Waals surface area contributed by atoms with E-state index in [0.29, 0.717) is 6.54 Å². The Hall–Kier alpha value is -2.66. The summed E-state index contributed by atoms with van der Waals surface area (Å²) >= 11 is 0. The first kappa shape index (κ1) is 19.1. The minimum atomic E-state index is -0.281. The van der Waals surface area contributed by atoms with E-state index in [9.17, 15) is 9.59 Å². The van der Waals surface area contributed by atoms with Crippen molar-refractivity contribution >= 4 is 23.2 Å². The predicted octanol–water partition coefficient (Wildman–Crippen LogP) is 3.67. The van der Waals surface area contributed by atoms with Crippen molar-refractivity contribution in [2.75, 3.05) is 23.7 Å². The minimum absolute atomic E-state index is 0.0254. The normalized spacial score (nSPS) is 18.5. The molecule has 2 atom stereocenters. The third-order valence-corrected chi connectivity index (χ3v) is 5.20. The molecule has 3 rings (SSSR count). The number of nitrogens with one attached hydrogen (secondary N) is 2. The number of amides is 2. The number of rotatable bonds is 5. The molecule has 2 N–H and O–H groups in total. The molecule has 0 saturated carbocycles. The molecule has 5 heteroatoms. The van der Waals surface area contributed by atoms with Gasteiger partial charge in [0.15, 0.2) is 0 Å². The van der Waals surface area contributed by atoms with Crippen LogP contribution in [0.5, 0.6) is 0 Å². The van der Waals surface area contributed by atoms with Gasteiger partial charge in [0.25, 0.3) is 0 Å². The van der Waals surface area contributed by atoms with Crippen LogP contribution in [0.25, 0.3) is 0 Å². The molecule has 5 nitrogen and oxygen atoms in total. The van der Waals surface area contributed by atoms with Crippen LogP contribution < -0.4 is 10.6 Å². The van der Waals surface area contributed by atoms with Crippen molar-refractivity contribution in [3.8, 4) is 0 Å². The molecule has 0 aromatic heterocycles. The Morgan fingerprint density at radius 1 is 1.04 bits per heavy atom. The van der Waals surface area contributed by atoms with E-state index >= 15 is 0 Å². The lowest BCUT2D eigenvalue weighted by atomic mass is 9.95. The van der Waals surface area contributed by atoms with Gasteiger partial charge in [0.2, 0.25) is 11.8 Å². The fourth-order valence-corrected chi connectivity index (χ4v) is 3.45. The summed E-state index contributed by atoms with van der Waals surface area (Å²) in [5, 5.41) is 5.99. The number of nitrogens with zero attached hydrogens (tertiary/aromatic N) is 1. The molecule has 1 aliphatic heterocycles. The molecule has 0 spiro atoms. The SMILES string of the molecule is Cc1ccccc1NC(=O)[C@@H](C)N1CCC[C@@H](C(=O)Nc2ccccc2)C1. The van der Waals surface area contributed by atoms with Crippen molar-refractivity contribution in [1.29, 1.82) is 0 Å². The summed E-state index contributed by atoms with van der Waals surface area (Å²) in [6.45, 7) is 5.31. The Kier molecular flexibility index (Phi) is 6.24. The Morgan fingerprint density at radius 3 is 2.48 bits per heavy atom. The highest BCUT2D eigenvalue weighted by molar-refractivity contribution is 5.95. The first-order valence-electron chi connectivity index (χ1n) is 9.51. The third kappa shape index (κ3) is 4.95. The van der Waals surface area contributed by atoms with Gasteiger partial charge < -0.3 is 10.6 Å². The molecule has 2 aromatic carbocycles. The lowest BCUT2D eigenvalue weighted by Gasteiger charge is -2.35. The van der Waals surface area contributed by atoms with Gasteiger partial charge in [-0.1, -0.05) is 36.4 Å². The van der Waals surface area contributed by atoms with Gasteiger partial charge in [0, 0.05) is 17.9 Å². The number of hydrogen-bond acceptors (Lipinski definition) is 3. The lowest BCUT2D eigenvalue weighted by molar-refractivity contribution is -0.125. The fraction of sp³-hybridized carbons (Fsp3) is 0.364. The molecule has 1 heterocycles. The summed E-state index contributed by atoms with van der Waals surface area (Å²) in [6.07, 6.45) is 1.76. The Morgan fingerprint density at radius 2 is 1.74 bits per heavy atom. The summed E-state index contributed by atoms with van der Waals surface area (Å²) in [7, 11) is 0. The molecule has 2 aromatic rings. The van der Waals surface area contributed by atoms with Gasteiger partial charge in [-0.05, 0) is 57.0 Å². The van der Waals surface area contributed by atoms with Crippen LogP contribution in [0.15, 0.2) is 54.6 Å². The monoisotopic (exact) mass is 365 g/mol. The number of carbonyl (C=O) groups excluding carboxylic acids is 2. The van der Waals surface area contributed by atoms with Crippen LogP contribution in [0.1, 0.15) is 25.3 Å². The molecule has 142 valence electrons. The smallest absolute Gasteiger partial charge is 0.241 e. The lowest BCUT2D eigenvalue weighted by Crippen LogP contribution is -2.49. The second-order valence-corrected chi connectivity index (χ2v) is 7.17. The highest BCUT2D eigenvalue weighted by atomic mass is 16.2. The maximum absolute atomic E-state index is 12.7. The molecule has 1 saturated heterocycles. The van der Waals surface area contributed by atoms with Crippen molar-refractivity contribution < 1.29 is 9.59 Å². The van der Waals surface area contributed by atoms with Crippen molar-refractivity contribution in [2.45, 2.75) is 32.7 Å². The van der Waals surface area contributed by atoms with Crippen LogP contribution >= 0.6 is 0 Å². The van der Waals surface area contributed by atoms with E-state index in [1.165, 1.54) is 0 Å². The molecule has 0 bridgehead atoms. The van der Waals surface area contributed by atoms with E-state index in [2.05, 4.69) is 15.5 Å². The summed E-state index contributed by atoms with van der Waals surface area (Å²) in [6, 6.07) is 17.0. The second-order valence-electron chi connectivity index (χ2n) is 7.17. The Bertz CT molecular complexity index is 791. The number of carbonyl (C=O) groups is 2. The molecular formula is C22H27N3O2. The topological polar surface area (TPSA) is 61.4 Å². The van der Waals surface area contributed by atoms with Gasteiger partial charge in [-0.2, -0.15) is 0 Å². The maximum Gasteiger partial charge on any atom is 0.241 e. The van der Waals surface area contributed by atoms with Crippen molar-refractivity contribution in [3.05, 3.63) is 60.2 Å². The molecule has 0 unspecified atom stereocenters. The zero-order valence-electron chi connectivity index (χ0n) is 15.9. The molecule has 0 radical (unpaired) electrons. The number of aryl methyl sites for hydroxylation is 1. The summed E-state index contributed by atoms with van der Waals surface area (Å²) < 4.78 is 0. The molecule has 27 heavy (non-hydrogen) atoms. The maximum atomic E-state index is 12.7. The van der Waals surface area contributed by atoms with Crippen LogP contribution in [-0.2, 0) is 9.59 Å². The summed E-state index contributed by atoms with van der Waals surface area (Å²) in [5.41, 5.74) is 2.69. The van der Waals surface area contributed by atoms with Crippen LogP contribution in [0, 0.1) is 12.8 Å². The van der Waals surface area contributed by atoms with E-state index in [-0.39, 0.29) is 23.8 Å². The van der Waals surface area contributed by atoms with Crippen LogP contribution in [0.4, 0.5) is 11.4 Å².